The third kappa shape index (κ3) is 4.75. The van der Waals surface area contributed by atoms with E-state index < -0.39 is 23.5 Å². The van der Waals surface area contributed by atoms with Gasteiger partial charge in [0.1, 0.15) is 5.82 Å². The predicted octanol–water partition coefficient (Wildman–Crippen LogP) is 6.40. The minimum atomic E-state index is -4.90. The highest BCUT2D eigenvalue weighted by Gasteiger charge is 2.59. The highest BCUT2D eigenvalue weighted by Crippen LogP contribution is 2.48. The first-order valence-corrected chi connectivity index (χ1v) is 10.7. The molecular weight excluding hydrogens is 495 g/mol. The van der Waals surface area contributed by atoms with Gasteiger partial charge in [-0.2, -0.15) is 13.2 Å². The molecule has 0 fully saturated rings. The molecule has 0 aromatic heterocycles. The number of hydrogen-bond acceptors (Lipinski definition) is 3. The van der Waals surface area contributed by atoms with Crippen LogP contribution in [0.5, 0.6) is 0 Å². The van der Waals surface area contributed by atoms with Gasteiger partial charge in [-0.15, -0.1) is 0 Å². The van der Waals surface area contributed by atoms with Crippen LogP contribution in [0.2, 0.25) is 10.0 Å². The van der Waals surface area contributed by atoms with Crippen LogP contribution in [-0.4, -0.2) is 12.1 Å². The number of benzene rings is 3. The minimum absolute atomic E-state index is 0.00603. The fourth-order valence-electron chi connectivity index (χ4n) is 3.49. The third-order valence-electron chi connectivity index (χ3n) is 5.20. The highest BCUT2D eigenvalue weighted by atomic mass is 35.5. The highest BCUT2D eigenvalue weighted by molar-refractivity contribution is 6.34. The van der Waals surface area contributed by atoms with Crippen molar-refractivity contribution in [2.45, 2.75) is 18.3 Å². The maximum atomic E-state index is 14.7. The fourth-order valence-corrected chi connectivity index (χ4v) is 4.02. The molecule has 3 aromatic carbocycles. The fraction of sp³-hybridized carbons (Fsp3) is 0.125. The van der Waals surface area contributed by atoms with Crippen molar-refractivity contribution in [2.24, 2.45) is 0 Å². The number of hydrogen-bond donors (Lipinski definition) is 2. The smallest absolute Gasteiger partial charge is 0.348 e. The summed E-state index contributed by atoms with van der Waals surface area (Å²) in [5.74, 6) is -1.56. The standard InChI is InChI=1S/C24H16Cl2F4N2O2/c25-17-9-16(10-18(26)11-17)23(24(28,29)30)12-21(32-34-23)15-6-7-19(20(27)8-15)22(33)31-13-14-4-2-1-3-5-14/h1-12,32H,13H2,(H,31,33). The van der Waals surface area contributed by atoms with Crippen LogP contribution in [0, 0.1) is 5.82 Å². The van der Waals surface area contributed by atoms with Crippen LogP contribution in [0.25, 0.3) is 5.70 Å². The molecule has 0 bridgehead atoms. The van der Waals surface area contributed by atoms with E-state index in [1.54, 1.807) is 24.3 Å². The van der Waals surface area contributed by atoms with E-state index in [-0.39, 0.29) is 39.0 Å². The first kappa shape index (κ1) is 24.1. The van der Waals surface area contributed by atoms with Crippen molar-refractivity contribution in [2.75, 3.05) is 0 Å². The van der Waals surface area contributed by atoms with Crippen molar-refractivity contribution >= 4 is 34.8 Å². The van der Waals surface area contributed by atoms with Crippen molar-refractivity contribution in [3.63, 3.8) is 0 Å². The first-order chi connectivity index (χ1) is 16.1. The Labute approximate surface area is 202 Å². The van der Waals surface area contributed by atoms with Crippen molar-refractivity contribution < 1.29 is 27.2 Å². The maximum absolute atomic E-state index is 14.7. The van der Waals surface area contributed by atoms with Crippen LogP contribution in [0.15, 0.2) is 72.8 Å². The number of rotatable bonds is 5. The molecule has 34 heavy (non-hydrogen) atoms. The third-order valence-corrected chi connectivity index (χ3v) is 5.64. The Morgan fingerprint density at radius 1 is 1.00 bits per heavy atom. The second kappa shape index (κ2) is 9.29. The van der Waals surface area contributed by atoms with Crippen molar-refractivity contribution in [1.82, 2.24) is 10.8 Å². The van der Waals surface area contributed by atoms with E-state index in [2.05, 4.69) is 10.8 Å². The summed E-state index contributed by atoms with van der Waals surface area (Å²) in [5, 5.41) is 2.59. The van der Waals surface area contributed by atoms with Gasteiger partial charge in [0, 0.05) is 27.7 Å². The number of nitrogens with one attached hydrogen (secondary N) is 2. The number of amides is 1. The minimum Gasteiger partial charge on any atom is -0.348 e. The molecule has 3 aromatic rings. The van der Waals surface area contributed by atoms with E-state index >= 15 is 0 Å². The van der Waals surface area contributed by atoms with Crippen LogP contribution in [0.3, 0.4) is 0 Å². The van der Waals surface area contributed by atoms with Crippen LogP contribution in [0.1, 0.15) is 27.0 Å². The summed E-state index contributed by atoms with van der Waals surface area (Å²) in [5.41, 5.74) is -0.537. The average molecular weight is 511 g/mol. The molecule has 1 heterocycles. The monoisotopic (exact) mass is 510 g/mol. The lowest BCUT2D eigenvalue weighted by molar-refractivity contribution is -0.269. The van der Waals surface area contributed by atoms with Crippen molar-refractivity contribution in [3.05, 3.63) is 111 Å². The molecular formula is C24H16Cl2F4N2O2. The Morgan fingerprint density at radius 2 is 1.68 bits per heavy atom. The molecule has 0 aliphatic carbocycles. The molecule has 2 N–H and O–H groups in total. The lowest BCUT2D eigenvalue weighted by Gasteiger charge is -2.28. The quantitative estimate of drug-likeness (QED) is 0.390. The van der Waals surface area contributed by atoms with E-state index in [4.69, 9.17) is 28.0 Å². The average Bonchev–Trinajstić information content (AvgIpc) is 3.25. The second-order valence-corrected chi connectivity index (χ2v) is 8.39. The van der Waals surface area contributed by atoms with Gasteiger partial charge in [0.15, 0.2) is 0 Å². The largest absolute Gasteiger partial charge is 0.428 e. The van der Waals surface area contributed by atoms with Crippen LogP contribution in [-0.2, 0) is 17.0 Å². The Balaban J connectivity index is 1.61. The summed E-state index contributed by atoms with van der Waals surface area (Å²) in [7, 11) is 0. The Hall–Kier alpha value is -3.07. The van der Waals surface area contributed by atoms with Gasteiger partial charge < -0.3 is 5.32 Å². The van der Waals surface area contributed by atoms with Crippen LogP contribution in [0.4, 0.5) is 17.6 Å². The molecule has 1 aliphatic heterocycles. The molecule has 1 atom stereocenters. The van der Waals surface area contributed by atoms with E-state index in [0.717, 1.165) is 29.8 Å². The molecule has 1 unspecified atom stereocenters. The zero-order valence-corrected chi connectivity index (χ0v) is 18.7. The lowest BCUT2D eigenvalue weighted by Crippen LogP contribution is -2.42. The topological polar surface area (TPSA) is 50.4 Å². The van der Waals surface area contributed by atoms with Gasteiger partial charge in [-0.25, -0.2) is 4.39 Å². The normalized spacial score (nSPS) is 17.8. The summed E-state index contributed by atoms with van der Waals surface area (Å²) < 4.78 is 57.0. The molecule has 1 aliphatic rings. The van der Waals surface area contributed by atoms with E-state index in [1.807, 2.05) is 6.07 Å². The molecule has 4 rings (SSSR count). The number of alkyl halides is 3. The molecule has 10 heteroatoms. The van der Waals surface area contributed by atoms with Crippen LogP contribution < -0.4 is 10.8 Å². The lowest BCUT2D eigenvalue weighted by atomic mass is 9.91. The van der Waals surface area contributed by atoms with Gasteiger partial charge >= 0.3 is 6.18 Å². The van der Waals surface area contributed by atoms with Gasteiger partial charge in [0.2, 0.25) is 5.60 Å². The van der Waals surface area contributed by atoms with Crippen molar-refractivity contribution in [3.8, 4) is 0 Å². The van der Waals surface area contributed by atoms with Crippen LogP contribution >= 0.6 is 23.2 Å². The summed E-state index contributed by atoms with van der Waals surface area (Å²) in [6, 6.07) is 16.0. The number of carbonyl (C=O) groups excluding carboxylic acids is 1. The summed E-state index contributed by atoms with van der Waals surface area (Å²) in [4.78, 5) is 17.4. The second-order valence-electron chi connectivity index (χ2n) is 7.52. The number of halogens is 6. The van der Waals surface area contributed by atoms with E-state index in [0.29, 0.717) is 0 Å². The number of carbonyl (C=O) groups is 1. The van der Waals surface area contributed by atoms with Gasteiger partial charge in [-0.05, 0) is 42.0 Å². The first-order valence-electron chi connectivity index (χ1n) is 9.91. The summed E-state index contributed by atoms with van der Waals surface area (Å²) in [6.07, 6.45) is -4.12. The summed E-state index contributed by atoms with van der Waals surface area (Å²) >= 11 is 11.8. The van der Waals surface area contributed by atoms with E-state index in [9.17, 15) is 22.4 Å². The van der Waals surface area contributed by atoms with E-state index in [1.165, 1.54) is 18.2 Å². The van der Waals surface area contributed by atoms with Gasteiger partial charge in [0.05, 0.1) is 11.3 Å². The number of hydroxylamine groups is 1. The Kier molecular flexibility index (Phi) is 6.58. The molecule has 176 valence electrons. The van der Waals surface area contributed by atoms with Gasteiger partial charge in [-0.3, -0.25) is 15.1 Å². The van der Waals surface area contributed by atoms with Crippen molar-refractivity contribution in [1.29, 1.82) is 0 Å². The van der Waals surface area contributed by atoms with Gasteiger partial charge in [0.25, 0.3) is 5.91 Å². The van der Waals surface area contributed by atoms with Gasteiger partial charge in [-0.1, -0.05) is 59.6 Å². The molecule has 0 radical (unpaired) electrons. The zero-order valence-electron chi connectivity index (χ0n) is 17.2. The maximum Gasteiger partial charge on any atom is 0.428 e. The molecule has 0 saturated heterocycles. The molecule has 0 spiro atoms. The molecule has 4 nitrogen and oxygen atoms in total. The molecule has 1 amide bonds. The SMILES string of the molecule is O=C(NCc1ccccc1)c1ccc(C2=CC(c3cc(Cl)cc(Cl)c3)(C(F)(F)F)ON2)cc1F. The Morgan fingerprint density at radius 3 is 2.29 bits per heavy atom. The summed E-state index contributed by atoms with van der Waals surface area (Å²) in [6.45, 7) is 0.192. The Bertz CT molecular complexity index is 1250. The predicted molar refractivity (Wildman–Crippen MR) is 120 cm³/mol. The zero-order chi connectivity index (χ0) is 24.5. The molecule has 0 saturated carbocycles.